The number of nitrogens with zero attached hydrogens (tertiary/aromatic N) is 1. The molecule has 7 nitrogen and oxygen atoms in total. The molecule has 22 heavy (non-hydrogen) atoms. The van der Waals surface area contributed by atoms with Crippen LogP contribution >= 0.6 is 0 Å². The SMILES string of the molecule is O=c1[nH]c(=O)n([C@H]2C[C@H](O)[C@@H](CO)O2)cc1CCCCC[18F]. The highest BCUT2D eigenvalue weighted by Crippen LogP contribution is 2.27. The Morgan fingerprint density at radius 1 is 1.36 bits per heavy atom. The number of ether oxygens (including phenoxy) is 1. The lowest BCUT2D eigenvalue weighted by Crippen LogP contribution is -2.34. The zero-order valence-electron chi connectivity index (χ0n) is 12.2. The number of hydrogen-bond acceptors (Lipinski definition) is 5. The fourth-order valence-electron chi connectivity index (χ4n) is 2.56. The van der Waals surface area contributed by atoms with Crippen molar-refractivity contribution in [3.05, 3.63) is 32.6 Å². The predicted molar refractivity (Wildman–Crippen MR) is 76.5 cm³/mol. The Hall–Kier alpha value is -1.51. The van der Waals surface area contributed by atoms with E-state index in [9.17, 15) is 19.1 Å². The summed E-state index contributed by atoms with van der Waals surface area (Å²) in [5, 5.41) is 18.8. The normalized spacial score (nSPS) is 24.8. The van der Waals surface area contributed by atoms with Crippen molar-refractivity contribution in [2.45, 2.75) is 50.5 Å². The van der Waals surface area contributed by atoms with Crippen molar-refractivity contribution in [1.29, 1.82) is 0 Å². The highest BCUT2D eigenvalue weighted by atomic mass is 18.2. The lowest BCUT2D eigenvalue weighted by Gasteiger charge is -2.15. The molecule has 0 amide bonds. The molecule has 1 aromatic heterocycles. The van der Waals surface area contributed by atoms with Crippen LogP contribution in [0.15, 0.2) is 15.8 Å². The second-order valence-electron chi connectivity index (χ2n) is 5.44. The van der Waals surface area contributed by atoms with Gasteiger partial charge in [-0.05, 0) is 19.3 Å². The number of unbranched alkanes of at least 4 members (excludes halogenated alkanes) is 2. The van der Waals surface area contributed by atoms with E-state index in [1.165, 1.54) is 10.8 Å². The van der Waals surface area contributed by atoms with Crippen molar-refractivity contribution >= 4 is 0 Å². The first-order valence-corrected chi connectivity index (χ1v) is 7.41. The number of aryl methyl sites for hydroxylation is 1. The highest BCUT2D eigenvalue weighted by Gasteiger charge is 2.35. The summed E-state index contributed by atoms with van der Waals surface area (Å²) in [5.74, 6) is 0. The van der Waals surface area contributed by atoms with E-state index in [1.54, 1.807) is 0 Å². The number of aliphatic hydroxyl groups is 2. The summed E-state index contributed by atoms with van der Waals surface area (Å²) in [6, 6.07) is 0. The molecule has 2 heterocycles. The van der Waals surface area contributed by atoms with Gasteiger partial charge < -0.3 is 14.9 Å². The van der Waals surface area contributed by atoms with Crippen LogP contribution in [0.3, 0.4) is 0 Å². The summed E-state index contributed by atoms with van der Waals surface area (Å²) in [6.45, 7) is -0.724. The van der Waals surface area contributed by atoms with Crippen LogP contribution < -0.4 is 11.2 Å². The van der Waals surface area contributed by atoms with Gasteiger partial charge in [0, 0.05) is 18.2 Å². The first-order chi connectivity index (χ1) is 10.6. The Labute approximate surface area is 126 Å². The number of aromatic amines is 1. The number of nitrogens with one attached hydrogen (secondary N) is 1. The summed E-state index contributed by atoms with van der Waals surface area (Å²) < 4.78 is 18.7. The Balaban J connectivity index is 2.15. The van der Waals surface area contributed by atoms with E-state index >= 15 is 0 Å². The lowest BCUT2D eigenvalue weighted by atomic mass is 10.1. The number of hydrogen-bond donors (Lipinski definition) is 3. The van der Waals surface area contributed by atoms with Crippen molar-refractivity contribution in [2.75, 3.05) is 13.3 Å². The number of halogens is 1. The van der Waals surface area contributed by atoms with Gasteiger partial charge in [-0.1, -0.05) is 6.42 Å². The fourth-order valence-corrected chi connectivity index (χ4v) is 2.56. The van der Waals surface area contributed by atoms with Crippen LogP contribution in [0.4, 0.5) is 4.39 Å². The van der Waals surface area contributed by atoms with Crippen LogP contribution in [0.25, 0.3) is 0 Å². The number of aliphatic hydroxyl groups excluding tert-OH is 2. The molecule has 1 aliphatic rings. The van der Waals surface area contributed by atoms with E-state index in [4.69, 9.17) is 9.84 Å². The van der Waals surface area contributed by atoms with Crippen molar-refractivity contribution < 1.29 is 19.3 Å². The van der Waals surface area contributed by atoms with Gasteiger partial charge in [-0.25, -0.2) is 4.79 Å². The number of alkyl halides is 1. The minimum absolute atomic E-state index is 0.165. The summed E-state index contributed by atoms with van der Waals surface area (Å²) in [4.78, 5) is 25.9. The average molecular weight is 315 g/mol. The van der Waals surface area contributed by atoms with Gasteiger partial charge in [0.1, 0.15) is 12.3 Å². The Kier molecular flexibility index (Phi) is 5.87. The maximum absolute atomic E-state index is 12.1. The summed E-state index contributed by atoms with van der Waals surface area (Å²) in [6.07, 6.45) is 1.48. The smallest absolute Gasteiger partial charge is 0.330 e. The third kappa shape index (κ3) is 3.82. The highest BCUT2D eigenvalue weighted by molar-refractivity contribution is 5.05. The molecule has 0 bridgehead atoms. The third-order valence-corrected chi connectivity index (χ3v) is 3.82. The minimum atomic E-state index is -0.859. The average Bonchev–Trinajstić information content (AvgIpc) is 2.86. The molecule has 124 valence electrons. The van der Waals surface area contributed by atoms with Gasteiger partial charge >= 0.3 is 5.69 Å². The van der Waals surface area contributed by atoms with E-state index in [1.807, 2.05) is 0 Å². The van der Waals surface area contributed by atoms with Crippen LogP contribution in [0.1, 0.15) is 37.5 Å². The standard InChI is InChI=1S/C14H21FN2O5/c15-5-3-1-2-4-9-7-17(14(21)16-13(9)20)12-6-10(19)11(8-18)22-12/h7,10-12,18-19H,1-6,8H2,(H,16,20,21)/t10-,11+,12+/m0/s1/i15-1. The lowest BCUT2D eigenvalue weighted by molar-refractivity contribution is -0.0460. The summed E-state index contributed by atoms with van der Waals surface area (Å²) in [5.41, 5.74) is -0.656. The van der Waals surface area contributed by atoms with Crippen LogP contribution in [-0.4, -0.2) is 45.3 Å². The monoisotopic (exact) mass is 315 g/mol. The zero-order valence-corrected chi connectivity index (χ0v) is 12.2. The quantitative estimate of drug-likeness (QED) is 0.608. The van der Waals surface area contributed by atoms with Gasteiger partial charge in [-0.2, -0.15) is 0 Å². The van der Waals surface area contributed by atoms with Crippen molar-refractivity contribution in [2.24, 2.45) is 0 Å². The third-order valence-electron chi connectivity index (χ3n) is 3.82. The fraction of sp³-hybridized carbons (Fsp3) is 0.714. The number of H-pyrrole nitrogens is 1. The molecular formula is C14H21FN2O5. The number of rotatable bonds is 7. The molecule has 1 aliphatic heterocycles. The first kappa shape index (κ1) is 16.9. The van der Waals surface area contributed by atoms with Gasteiger partial charge in [0.15, 0.2) is 0 Å². The summed E-state index contributed by atoms with van der Waals surface area (Å²) in [7, 11) is 0. The van der Waals surface area contributed by atoms with Gasteiger partial charge in [0.05, 0.1) is 19.4 Å². The van der Waals surface area contributed by atoms with Crippen LogP contribution in [-0.2, 0) is 11.2 Å². The van der Waals surface area contributed by atoms with E-state index in [0.29, 0.717) is 31.2 Å². The molecule has 8 heteroatoms. The molecule has 1 aromatic rings. The minimum Gasteiger partial charge on any atom is -0.394 e. The molecule has 2 rings (SSSR count). The van der Waals surface area contributed by atoms with E-state index < -0.39 is 29.7 Å². The van der Waals surface area contributed by atoms with Crippen molar-refractivity contribution in [1.82, 2.24) is 9.55 Å². The van der Waals surface area contributed by atoms with Gasteiger partial charge in [0.2, 0.25) is 0 Å². The first-order valence-electron chi connectivity index (χ1n) is 7.41. The maximum Gasteiger partial charge on any atom is 0.330 e. The van der Waals surface area contributed by atoms with Crippen LogP contribution in [0.2, 0.25) is 0 Å². The molecule has 0 aliphatic carbocycles. The number of aromatic nitrogens is 2. The molecule has 1 saturated heterocycles. The van der Waals surface area contributed by atoms with Crippen molar-refractivity contribution in [3.63, 3.8) is 0 Å². The molecule has 3 N–H and O–H groups in total. The largest absolute Gasteiger partial charge is 0.394 e. The van der Waals surface area contributed by atoms with E-state index in [0.717, 1.165) is 0 Å². The van der Waals surface area contributed by atoms with Crippen LogP contribution in [0, 0.1) is 0 Å². The maximum atomic E-state index is 12.1. The molecule has 3 atom stereocenters. The predicted octanol–water partition coefficient (Wildman–Crippen LogP) is -0.140. The molecular weight excluding hydrogens is 294 g/mol. The summed E-state index contributed by atoms with van der Waals surface area (Å²) >= 11 is 0. The Bertz CT molecular complexity index is 600. The van der Waals surface area contributed by atoms with Crippen LogP contribution in [0.5, 0.6) is 0 Å². The molecule has 1 fully saturated rings. The molecule has 0 unspecified atom stereocenters. The van der Waals surface area contributed by atoms with Gasteiger partial charge in [-0.15, -0.1) is 0 Å². The Morgan fingerprint density at radius 3 is 2.77 bits per heavy atom. The molecule has 0 radical (unpaired) electrons. The molecule has 0 spiro atoms. The topological polar surface area (TPSA) is 105 Å². The zero-order chi connectivity index (χ0) is 16.1. The van der Waals surface area contributed by atoms with Gasteiger partial charge in [0.25, 0.3) is 5.56 Å². The Morgan fingerprint density at radius 2 is 2.14 bits per heavy atom. The molecule has 0 saturated carbocycles. The van der Waals surface area contributed by atoms with E-state index in [-0.39, 0.29) is 19.7 Å². The second kappa shape index (κ2) is 7.66. The van der Waals surface area contributed by atoms with E-state index in [2.05, 4.69) is 4.98 Å². The second-order valence-corrected chi connectivity index (χ2v) is 5.44. The van der Waals surface area contributed by atoms with Crippen molar-refractivity contribution in [3.8, 4) is 0 Å². The van der Waals surface area contributed by atoms with Gasteiger partial charge in [-0.3, -0.25) is 18.7 Å². The molecule has 0 aromatic carbocycles.